The number of nitrogens with two attached hydrogens (primary N) is 4. The molecule has 208 valence electrons. The number of hydrogen-bond acceptors (Lipinski definition) is 10. The molecule has 5 amide bonds. The van der Waals surface area contributed by atoms with Crippen LogP contribution in [0.3, 0.4) is 0 Å². The summed E-state index contributed by atoms with van der Waals surface area (Å²) in [4.78, 5) is 76.3. The maximum absolute atomic E-state index is 13.1. The van der Waals surface area contributed by atoms with E-state index >= 15 is 0 Å². The van der Waals surface area contributed by atoms with Crippen LogP contribution in [0.5, 0.6) is 0 Å². The number of rotatable bonds is 8. The highest BCUT2D eigenvalue weighted by Gasteiger charge is 2.43. The molecule has 1 rings (SSSR count). The summed E-state index contributed by atoms with van der Waals surface area (Å²) in [5.74, 6) is -6.90. The highest BCUT2D eigenvalue weighted by Crippen LogP contribution is 2.29. The molecule has 0 radical (unpaired) electrons. The van der Waals surface area contributed by atoms with Crippen LogP contribution < -0.4 is 44.2 Å². The SMILES string of the molecule is C[C@@H]1NC(=O)C(CO)NC(=O)[C@@H](N)CS[C@](CCCN=C(N)N)(C(=O)O)NC(=O)[C@H](CC(N)=O)NC1=O. The van der Waals surface area contributed by atoms with Crippen LogP contribution in [0.2, 0.25) is 0 Å². The van der Waals surface area contributed by atoms with Crippen molar-refractivity contribution in [3.8, 4) is 0 Å². The number of aliphatic hydroxyl groups is 1. The number of nitrogens with one attached hydrogen (secondary N) is 4. The zero-order chi connectivity index (χ0) is 28.3. The second-order valence-electron chi connectivity index (χ2n) is 8.15. The van der Waals surface area contributed by atoms with Gasteiger partial charge in [0.1, 0.15) is 18.1 Å². The third-order valence-electron chi connectivity index (χ3n) is 5.10. The normalized spacial score (nSPS) is 27.9. The lowest BCUT2D eigenvalue weighted by Gasteiger charge is -2.32. The van der Waals surface area contributed by atoms with Crippen LogP contribution in [0.4, 0.5) is 0 Å². The number of aliphatic imine (C=N–C) groups is 1. The molecule has 17 nitrogen and oxygen atoms in total. The summed E-state index contributed by atoms with van der Waals surface area (Å²) in [6.07, 6.45) is -0.879. The summed E-state index contributed by atoms with van der Waals surface area (Å²) in [7, 11) is 0. The Bertz CT molecular complexity index is 929. The van der Waals surface area contributed by atoms with Crippen molar-refractivity contribution in [3.05, 3.63) is 0 Å². The molecule has 37 heavy (non-hydrogen) atoms. The van der Waals surface area contributed by atoms with Gasteiger partial charge in [-0.3, -0.25) is 29.0 Å². The van der Waals surface area contributed by atoms with E-state index in [2.05, 4.69) is 26.3 Å². The Morgan fingerprint density at radius 3 is 2.19 bits per heavy atom. The second kappa shape index (κ2) is 14.2. The Morgan fingerprint density at radius 1 is 1.03 bits per heavy atom. The molecule has 1 aliphatic rings. The molecule has 1 unspecified atom stereocenters. The van der Waals surface area contributed by atoms with E-state index in [1.165, 1.54) is 6.92 Å². The van der Waals surface area contributed by atoms with Gasteiger partial charge in [-0.05, 0) is 19.8 Å². The standard InChI is InChI=1S/C19H33N9O8S/c1-8-13(31)26-10(5-12(21)30)16(34)28-19(17(35)36,3-2-4-24-18(22)23)37-7-9(20)14(32)27-11(6-29)15(33)25-8/h8-11,29H,2-7,20H2,1H3,(H2,21,30)(H,25,33)(H,26,31)(H,27,32)(H,28,34)(H,35,36)(H4,22,23,24)/t8-,9-,10-,11?,19+/m0/s1. The zero-order valence-electron chi connectivity index (χ0n) is 20.1. The Hall–Kier alpha value is -3.64. The number of carboxylic acid groups (broad SMARTS) is 1. The van der Waals surface area contributed by atoms with Crippen LogP contribution in [0.15, 0.2) is 4.99 Å². The van der Waals surface area contributed by atoms with Gasteiger partial charge < -0.3 is 54.4 Å². The number of hydrogen-bond donors (Lipinski definition) is 10. The number of primary amides is 1. The van der Waals surface area contributed by atoms with Crippen molar-refractivity contribution >= 4 is 53.2 Å². The van der Waals surface area contributed by atoms with Gasteiger partial charge in [-0.1, -0.05) is 0 Å². The molecule has 0 aromatic rings. The average molecular weight is 548 g/mol. The lowest BCUT2D eigenvalue weighted by molar-refractivity contribution is -0.144. The van der Waals surface area contributed by atoms with E-state index in [1.54, 1.807) is 0 Å². The highest BCUT2D eigenvalue weighted by molar-refractivity contribution is 8.01. The molecule has 0 aliphatic carbocycles. The molecule has 0 aromatic heterocycles. The molecular formula is C19H33N9O8S. The van der Waals surface area contributed by atoms with Crippen molar-refractivity contribution in [3.63, 3.8) is 0 Å². The van der Waals surface area contributed by atoms with Gasteiger partial charge in [-0.25, -0.2) is 4.79 Å². The van der Waals surface area contributed by atoms with Crippen molar-refractivity contribution in [2.45, 2.75) is 55.2 Å². The molecule has 1 aliphatic heterocycles. The molecule has 1 heterocycles. The number of aliphatic carboxylic acids is 1. The van der Waals surface area contributed by atoms with E-state index in [0.29, 0.717) is 11.8 Å². The fourth-order valence-electron chi connectivity index (χ4n) is 3.08. The molecule has 5 atom stereocenters. The topological polar surface area (TPSA) is 307 Å². The third-order valence-corrected chi connectivity index (χ3v) is 6.60. The predicted octanol–water partition coefficient (Wildman–Crippen LogP) is -5.65. The van der Waals surface area contributed by atoms with Gasteiger partial charge in [0.2, 0.25) is 29.5 Å². The fourth-order valence-corrected chi connectivity index (χ4v) is 4.28. The van der Waals surface area contributed by atoms with Gasteiger partial charge in [0.05, 0.1) is 19.1 Å². The first-order chi connectivity index (χ1) is 17.2. The quantitative estimate of drug-likeness (QED) is 0.0772. The van der Waals surface area contributed by atoms with E-state index in [9.17, 15) is 39.0 Å². The van der Waals surface area contributed by atoms with Crippen LogP contribution in [-0.2, 0) is 28.8 Å². The third kappa shape index (κ3) is 9.73. The Kier molecular flexibility index (Phi) is 12.0. The smallest absolute Gasteiger partial charge is 0.340 e. The zero-order valence-corrected chi connectivity index (χ0v) is 20.9. The molecule has 0 spiro atoms. The van der Waals surface area contributed by atoms with Gasteiger partial charge in [0.25, 0.3) is 0 Å². The molecule has 0 aromatic carbocycles. The first-order valence-electron chi connectivity index (χ1n) is 11.0. The highest BCUT2D eigenvalue weighted by atomic mass is 32.2. The van der Waals surface area contributed by atoms with Gasteiger partial charge in [0, 0.05) is 12.3 Å². The Balaban J connectivity index is 3.45. The first kappa shape index (κ1) is 31.4. The van der Waals surface area contributed by atoms with Crippen molar-refractivity contribution in [2.24, 2.45) is 27.9 Å². The van der Waals surface area contributed by atoms with Crippen LogP contribution in [0, 0.1) is 0 Å². The minimum Gasteiger partial charge on any atom is -0.479 e. The van der Waals surface area contributed by atoms with E-state index in [-0.39, 0.29) is 31.1 Å². The Labute approximate surface area is 215 Å². The molecule has 18 heteroatoms. The summed E-state index contributed by atoms with van der Waals surface area (Å²) in [5.41, 5.74) is 21.6. The van der Waals surface area contributed by atoms with Crippen molar-refractivity contribution < 1.29 is 39.0 Å². The first-order valence-corrected chi connectivity index (χ1v) is 12.0. The molecule has 0 saturated carbocycles. The van der Waals surface area contributed by atoms with Gasteiger partial charge in [0.15, 0.2) is 10.8 Å². The van der Waals surface area contributed by atoms with Crippen molar-refractivity contribution in [1.82, 2.24) is 21.3 Å². The number of amides is 5. The monoisotopic (exact) mass is 547 g/mol. The van der Waals surface area contributed by atoms with Crippen molar-refractivity contribution in [1.29, 1.82) is 0 Å². The van der Waals surface area contributed by atoms with Crippen molar-refractivity contribution in [2.75, 3.05) is 18.9 Å². The second-order valence-corrected chi connectivity index (χ2v) is 9.47. The Morgan fingerprint density at radius 2 is 1.65 bits per heavy atom. The summed E-state index contributed by atoms with van der Waals surface area (Å²) < 4.78 is 0. The maximum Gasteiger partial charge on any atom is 0.340 e. The lowest BCUT2D eigenvalue weighted by atomic mass is 10.1. The van der Waals surface area contributed by atoms with E-state index < -0.39 is 77.6 Å². The fraction of sp³-hybridized carbons (Fsp3) is 0.632. The molecule has 0 bridgehead atoms. The summed E-state index contributed by atoms with van der Waals surface area (Å²) in [5, 5.41) is 28.6. The molecule has 14 N–H and O–H groups in total. The van der Waals surface area contributed by atoms with Crippen LogP contribution >= 0.6 is 11.8 Å². The molecule has 1 fully saturated rings. The van der Waals surface area contributed by atoms with Crippen LogP contribution in [-0.4, -0.2) is 99.6 Å². The van der Waals surface area contributed by atoms with E-state index in [1.807, 2.05) is 0 Å². The summed E-state index contributed by atoms with van der Waals surface area (Å²) in [6.45, 7) is 0.416. The minimum atomic E-state index is -2.09. The number of nitrogens with zero attached hydrogens (tertiary/aromatic N) is 1. The molecule has 1 saturated heterocycles. The lowest BCUT2D eigenvalue weighted by Crippen LogP contribution is -2.60. The number of carbonyl (C=O) groups excluding carboxylic acids is 5. The van der Waals surface area contributed by atoms with E-state index in [4.69, 9.17) is 22.9 Å². The van der Waals surface area contributed by atoms with E-state index in [0.717, 1.165) is 0 Å². The number of thioether (sulfide) groups is 1. The largest absolute Gasteiger partial charge is 0.479 e. The number of carbonyl (C=O) groups is 6. The van der Waals surface area contributed by atoms with Crippen LogP contribution in [0.1, 0.15) is 26.2 Å². The maximum atomic E-state index is 13.1. The van der Waals surface area contributed by atoms with Gasteiger partial charge in [-0.15, -0.1) is 11.8 Å². The molecular weight excluding hydrogens is 514 g/mol. The number of guanidine groups is 1. The minimum absolute atomic E-state index is 0.00522. The number of carboxylic acids is 1. The van der Waals surface area contributed by atoms with Crippen LogP contribution in [0.25, 0.3) is 0 Å². The summed E-state index contributed by atoms with van der Waals surface area (Å²) >= 11 is 0.595. The predicted molar refractivity (Wildman–Crippen MR) is 131 cm³/mol. The summed E-state index contributed by atoms with van der Waals surface area (Å²) in [6, 6.07) is -5.75. The number of aliphatic hydroxyl groups excluding tert-OH is 1. The average Bonchev–Trinajstić information content (AvgIpc) is 2.81. The van der Waals surface area contributed by atoms with Gasteiger partial charge in [-0.2, -0.15) is 0 Å². The van der Waals surface area contributed by atoms with Gasteiger partial charge >= 0.3 is 5.97 Å².